The molecule has 0 aliphatic rings. The maximum Gasteiger partial charge on any atom is 0.174 e. The standard InChI is InChI=1S/C13H12N2O3/c1-16-11-6-8-9(7-12(11)17-2)15-13(14-8)10-4-3-5-18-10/h3-7H,1-2H3,(H,14,15). The van der Waals surface area contributed by atoms with Gasteiger partial charge < -0.3 is 18.9 Å². The number of aromatic amines is 1. The van der Waals surface area contributed by atoms with Crippen LogP contribution in [-0.2, 0) is 0 Å². The Balaban J connectivity index is 2.17. The predicted molar refractivity (Wildman–Crippen MR) is 66.9 cm³/mol. The lowest BCUT2D eigenvalue weighted by Crippen LogP contribution is -1.89. The average molecular weight is 244 g/mol. The Hall–Kier alpha value is -2.43. The number of H-pyrrole nitrogens is 1. The Bertz CT molecular complexity index is 630. The molecule has 0 unspecified atom stereocenters. The van der Waals surface area contributed by atoms with Crippen LogP contribution in [0.25, 0.3) is 22.6 Å². The van der Waals surface area contributed by atoms with Gasteiger partial charge >= 0.3 is 0 Å². The van der Waals surface area contributed by atoms with Gasteiger partial charge in [0.15, 0.2) is 23.1 Å². The number of methoxy groups -OCH3 is 2. The molecular weight excluding hydrogens is 232 g/mol. The van der Waals surface area contributed by atoms with E-state index in [2.05, 4.69) is 9.97 Å². The highest BCUT2D eigenvalue weighted by molar-refractivity contribution is 5.82. The molecule has 0 radical (unpaired) electrons. The highest BCUT2D eigenvalue weighted by Crippen LogP contribution is 2.32. The summed E-state index contributed by atoms with van der Waals surface area (Å²) in [6.07, 6.45) is 1.61. The number of hydrogen-bond donors (Lipinski definition) is 1. The van der Waals surface area contributed by atoms with Gasteiger partial charge in [0.05, 0.1) is 31.5 Å². The maximum absolute atomic E-state index is 5.31. The molecule has 0 amide bonds. The van der Waals surface area contributed by atoms with Crippen molar-refractivity contribution in [3.63, 3.8) is 0 Å². The zero-order valence-corrected chi connectivity index (χ0v) is 10.1. The number of hydrogen-bond acceptors (Lipinski definition) is 4. The van der Waals surface area contributed by atoms with Crippen LogP contribution in [0.4, 0.5) is 0 Å². The van der Waals surface area contributed by atoms with Crippen LogP contribution >= 0.6 is 0 Å². The van der Waals surface area contributed by atoms with Gasteiger partial charge in [-0.3, -0.25) is 0 Å². The van der Waals surface area contributed by atoms with E-state index in [0.717, 1.165) is 11.0 Å². The summed E-state index contributed by atoms with van der Waals surface area (Å²) in [4.78, 5) is 7.64. The topological polar surface area (TPSA) is 60.3 Å². The monoisotopic (exact) mass is 244 g/mol. The van der Waals surface area contributed by atoms with Crippen molar-refractivity contribution in [2.75, 3.05) is 14.2 Å². The molecule has 0 spiro atoms. The van der Waals surface area contributed by atoms with Crippen LogP contribution in [0.1, 0.15) is 0 Å². The van der Waals surface area contributed by atoms with Crippen LogP contribution < -0.4 is 9.47 Å². The number of nitrogens with zero attached hydrogens (tertiary/aromatic N) is 1. The first-order valence-electron chi connectivity index (χ1n) is 5.47. The minimum atomic E-state index is 0.655. The van der Waals surface area contributed by atoms with Crippen molar-refractivity contribution < 1.29 is 13.9 Å². The van der Waals surface area contributed by atoms with Crippen molar-refractivity contribution in [2.45, 2.75) is 0 Å². The number of furan rings is 1. The number of ether oxygens (including phenoxy) is 2. The van der Waals surface area contributed by atoms with Gasteiger partial charge in [-0.05, 0) is 12.1 Å². The van der Waals surface area contributed by atoms with E-state index in [-0.39, 0.29) is 0 Å². The van der Waals surface area contributed by atoms with Crippen molar-refractivity contribution in [1.82, 2.24) is 9.97 Å². The van der Waals surface area contributed by atoms with Crippen molar-refractivity contribution >= 4 is 11.0 Å². The lowest BCUT2D eigenvalue weighted by molar-refractivity contribution is 0.356. The average Bonchev–Trinajstić information content (AvgIpc) is 3.04. The fraction of sp³-hybridized carbons (Fsp3) is 0.154. The SMILES string of the molecule is COc1cc2nc(-c3ccco3)[nH]c2cc1OC. The Morgan fingerprint density at radius 2 is 1.94 bits per heavy atom. The van der Waals surface area contributed by atoms with Crippen molar-refractivity contribution in [2.24, 2.45) is 0 Å². The first-order chi connectivity index (χ1) is 8.81. The van der Waals surface area contributed by atoms with Crippen molar-refractivity contribution in [3.8, 4) is 23.1 Å². The van der Waals surface area contributed by atoms with Crippen LogP contribution in [0.5, 0.6) is 11.5 Å². The Morgan fingerprint density at radius 1 is 1.17 bits per heavy atom. The smallest absolute Gasteiger partial charge is 0.174 e. The second-order valence-electron chi connectivity index (χ2n) is 3.79. The molecule has 0 atom stereocenters. The highest BCUT2D eigenvalue weighted by Gasteiger charge is 2.11. The molecule has 2 aromatic heterocycles. The summed E-state index contributed by atoms with van der Waals surface area (Å²) in [5, 5.41) is 0. The molecule has 0 saturated heterocycles. The molecule has 3 rings (SSSR count). The van der Waals surface area contributed by atoms with Gasteiger partial charge in [-0.25, -0.2) is 4.98 Å². The lowest BCUT2D eigenvalue weighted by atomic mass is 10.3. The number of imidazole rings is 1. The first kappa shape index (κ1) is 10.7. The number of nitrogens with one attached hydrogen (secondary N) is 1. The third kappa shape index (κ3) is 1.60. The summed E-state index contributed by atoms with van der Waals surface area (Å²) in [7, 11) is 3.21. The molecule has 0 aliphatic heterocycles. The molecule has 18 heavy (non-hydrogen) atoms. The van der Waals surface area contributed by atoms with E-state index in [1.807, 2.05) is 24.3 Å². The molecule has 5 nitrogen and oxygen atoms in total. The number of benzene rings is 1. The molecule has 0 aliphatic carbocycles. The van der Waals surface area contributed by atoms with Crippen LogP contribution in [-0.4, -0.2) is 24.2 Å². The fourth-order valence-electron chi connectivity index (χ4n) is 1.87. The molecule has 0 saturated carbocycles. The van der Waals surface area contributed by atoms with Gasteiger partial charge in [0.25, 0.3) is 0 Å². The molecule has 1 N–H and O–H groups in total. The third-order valence-corrected chi connectivity index (χ3v) is 2.74. The van der Waals surface area contributed by atoms with E-state index in [1.165, 1.54) is 0 Å². The number of rotatable bonds is 3. The second kappa shape index (κ2) is 4.10. The number of fused-ring (bicyclic) bond motifs is 1. The summed E-state index contributed by atoms with van der Waals surface area (Å²) in [5.74, 6) is 2.71. The quantitative estimate of drug-likeness (QED) is 0.769. The Morgan fingerprint density at radius 3 is 2.61 bits per heavy atom. The molecule has 2 heterocycles. The minimum absolute atomic E-state index is 0.655. The van der Waals surface area contributed by atoms with Gasteiger partial charge in [-0.15, -0.1) is 0 Å². The summed E-state index contributed by atoms with van der Waals surface area (Å²) in [6.45, 7) is 0. The highest BCUT2D eigenvalue weighted by atomic mass is 16.5. The van der Waals surface area contributed by atoms with Gasteiger partial charge in [-0.2, -0.15) is 0 Å². The largest absolute Gasteiger partial charge is 0.493 e. The van der Waals surface area contributed by atoms with Gasteiger partial charge in [0, 0.05) is 12.1 Å². The summed E-state index contributed by atoms with van der Waals surface area (Å²) < 4.78 is 15.8. The summed E-state index contributed by atoms with van der Waals surface area (Å²) >= 11 is 0. The van der Waals surface area contributed by atoms with Gasteiger partial charge in [0.1, 0.15) is 0 Å². The van der Waals surface area contributed by atoms with E-state index in [1.54, 1.807) is 20.5 Å². The molecule has 0 fully saturated rings. The van der Waals surface area contributed by atoms with Crippen LogP contribution in [0.15, 0.2) is 34.9 Å². The minimum Gasteiger partial charge on any atom is -0.493 e. The van der Waals surface area contributed by atoms with E-state index in [4.69, 9.17) is 13.9 Å². The Labute approximate surface area is 103 Å². The lowest BCUT2D eigenvalue weighted by Gasteiger charge is -2.06. The Kier molecular flexibility index (Phi) is 2.44. The molecular formula is C13H12N2O3. The van der Waals surface area contributed by atoms with E-state index >= 15 is 0 Å². The molecule has 3 aromatic rings. The molecule has 92 valence electrons. The molecule has 0 bridgehead atoms. The van der Waals surface area contributed by atoms with E-state index in [0.29, 0.717) is 23.1 Å². The predicted octanol–water partition coefficient (Wildman–Crippen LogP) is 2.84. The normalized spacial score (nSPS) is 10.8. The zero-order chi connectivity index (χ0) is 12.5. The third-order valence-electron chi connectivity index (χ3n) is 2.74. The first-order valence-corrected chi connectivity index (χ1v) is 5.47. The number of aromatic nitrogens is 2. The summed E-state index contributed by atoms with van der Waals surface area (Å²) in [6, 6.07) is 7.36. The van der Waals surface area contributed by atoms with Gasteiger partial charge in [-0.1, -0.05) is 0 Å². The van der Waals surface area contributed by atoms with Crippen molar-refractivity contribution in [1.29, 1.82) is 0 Å². The van der Waals surface area contributed by atoms with E-state index in [9.17, 15) is 0 Å². The van der Waals surface area contributed by atoms with Crippen LogP contribution in [0.2, 0.25) is 0 Å². The zero-order valence-electron chi connectivity index (χ0n) is 10.1. The maximum atomic E-state index is 5.31. The van der Waals surface area contributed by atoms with Crippen LogP contribution in [0.3, 0.4) is 0 Å². The van der Waals surface area contributed by atoms with Crippen molar-refractivity contribution in [3.05, 3.63) is 30.5 Å². The van der Waals surface area contributed by atoms with E-state index < -0.39 is 0 Å². The molecule has 5 heteroatoms. The fourth-order valence-corrected chi connectivity index (χ4v) is 1.87. The summed E-state index contributed by atoms with van der Waals surface area (Å²) in [5.41, 5.74) is 1.68. The van der Waals surface area contributed by atoms with Gasteiger partial charge in [0.2, 0.25) is 0 Å². The van der Waals surface area contributed by atoms with Crippen LogP contribution in [0, 0.1) is 0 Å². The molecule has 1 aromatic carbocycles. The second-order valence-corrected chi connectivity index (χ2v) is 3.79.